The van der Waals surface area contributed by atoms with Gasteiger partial charge in [0.25, 0.3) is 0 Å². The van der Waals surface area contributed by atoms with Gasteiger partial charge in [-0.05, 0) is 38.1 Å². The van der Waals surface area contributed by atoms with Gasteiger partial charge in [0.05, 0.1) is 0 Å². The van der Waals surface area contributed by atoms with Gasteiger partial charge >= 0.3 is 0 Å². The summed E-state index contributed by atoms with van der Waals surface area (Å²) in [4.78, 5) is 0. The van der Waals surface area contributed by atoms with E-state index in [0.29, 0.717) is 6.04 Å². The fraction of sp³-hybridized carbons (Fsp3) is 1.00. The van der Waals surface area contributed by atoms with Crippen molar-refractivity contribution in [2.45, 2.75) is 64.8 Å². The molecule has 2 nitrogen and oxygen atoms in total. The van der Waals surface area contributed by atoms with Gasteiger partial charge in [-0.25, -0.2) is 0 Å². The zero-order valence-corrected chi connectivity index (χ0v) is 11.1. The van der Waals surface area contributed by atoms with E-state index in [1.807, 2.05) is 0 Å². The molecule has 96 valence electrons. The van der Waals surface area contributed by atoms with Crippen LogP contribution in [0.25, 0.3) is 0 Å². The van der Waals surface area contributed by atoms with Gasteiger partial charge in [-0.15, -0.1) is 0 Å². The van der Waals surface area contributed by atoms with Crippen LogP contribution in [0, 0.1) is 5.92 Å². The van der Waals surface area contributed by atoms with Crippen molar-refractivity contribution in [2.75, 3.05) is 19.8 Å². The second-order valence-electron chi connectivity index (χ2n) is 5.08. The molecule has 1 saturated carbocycles. The van der Waals surface area contributed by atoms with Crippen molar-refractivity contribution in [3.8, 4) is 0 Å². The van der Waals surface area contributed by atoms with E-state index in [0.717, 1.165) is 32.1 Å². The van der Waals surface area contributed by atoms with E-state index in [-0.39, 0.29) is 0 Å². The summed E-state index contributed by atoms with van der Waals surface area (Å²) in [6, 6.07) is 0.696. The summed E-state index contributed by atoms with van der Waals surface area (Å²) in [7, 11) is 0. The number of hydrogen-bond acceptors (Lipinski definition) is 2. The van der Waals surface area contributed by atoms with Crippen molar-refractivity contribution in [1.82, 2.24) is 5.32 Å². The van der Waals surface area contributed by atoms with Gasteiger partial charge < -0.3 is 10.1 Å². The zero-order chi connectivity index (χ0) is 11.6. The maximum atomic E-state index is 5.59. The van der Waals surface area contributed by atoms with Gasteiger partial charge in [-0.1, -0.05) is 33.1 Å². The molecular formula is C14H29NO. The Kier molecular flexibility index (Phi) is 7.87. The SMILES string of the molecule is CCCNC(CCOCCC)CC1CCC1. The maximum absolute atomic E-state index is 5.59. The van der Waals surface area contributed by atoms with Crippen LogP contribution < -0.4 is 5.32 Å². The van der Waals surface area contributed by atoms with Crippen LogP contribution in [0.5, 0.6) is 0 Å². The van der Waals surface area contributed by atoms with Crippen molar-refractivity contribution >= 4 is 0 Å². The molecule has 0 spiro atoms. The molecule has 0 aromatic carbocycles. The topological polar surface area (TPSA) is 21.3 Å². The molecular weight excluding hydrogens is 198 g/mol. The molecule has 0 aromatic rings. The van der Waals surface area contributed by atoms with Gasteiger partial charge in [-0.3, -0.25) is 0 Å². The summed E-state index contributed by atoms with van der Waals surface area (Å²) in [5.41, 5.74) is 0. The van der Waals surface area contributed by atoms with Crippen LogP contribution in [0.2, 0.25) is 0 Å². The second-order valence-corrected chi connectivity index (χ2v) is 5.08. The first-order valence-corrected chi connectivity index (χ1v) is 7.18. The number of hydrogen-bond donors (Lipinski definition) is 1. The molecule has 1 N–H and O–H groups in total. The highest BCUT2D eigenvalue weighted by Gasteiger charge is 2.21. The summed E-state index contributed by atoms with van der Waals surface area (Å²) < 4.78 is 5.59. The Morgan fingerprint density at radius 2 is 2.00 bits per heavy atom. The molecule has 0 amide bonds. The number of nitrogens with one attached hydrogen (secondary N) is 1. The Balaban J connectivity index is 2.09. The minimum atomic E-state index is 0.696. The van der Waals surface area contributed by atoms with E-state index in [1.165, 1.54) is 38.5 Å². The molecule has 0 aliphatic heterocycles. The van der Waals surface area contributed by atoms with Crippen LogP contribution in [0.15, 0.2) is 0 Å². The monoisotopic (exact) mass is 227 g/mol. The van der Waals surface area contributed by atoms with Crippen molar-refractivity contribution in [3.63, 3.8) is 0 Å². The molecule has 0 radical (unpaired) electrons. The van der Waals surface area contributed by atoms with Crippen molar-refractivity contribution in [1.29, 1.82) is 0 Å². The van der Waals surface area contributed by atoms with E-state index >= 15 is 0 Å². The summed E-state index contributed by atoms with van der Waals surface area (Å²) in [6.07, 6.45) is 9.30. The van der Waals surface area contributed by atoms with Gasteiger partial charge in [0.1, 0.15) is 0 Å². The molecule has 2 heteroatoms. The van der Waals surface area contributed by atoms with E-state index in [9.17, 15) is 0 Å². The lowest BCUT2D eigenvalue weighted by molar-refractivity contribution is 0.118. The van der Waals surface area contributed by atoms with Crippen LogP contribution in [0.1, 0.15) is 58.8 Å². The molecule has 1 rings (SSSR count). The molecule has 0 bridgehead atoms. The van der Waals surface area contributed by atoms with Gasteiger partial charge in [0.2, 0.25) is 0 Å². The molecule has 1 aliphatic rings. The summed E-state index contributed by atoms with van der Waals surface area (Å²) in [5, 5.41) is 3.67. The summed E-state index contributed by atoms with van der Waals surface area (Å²) in [6.45, 7) is 7.42. The first kappa shape index (κ1) is 14.0. The smallest absolute Gasteiger partial charge is 0.0480 e. The summed E-state index contributed by atoms with van der Waals surface area (Å²) in [5.74, 6) is 1.00. The molecule has 1 aliphatic carbocycles. The lowest BCUT2D eigenvalue weighted by Gasteiger charge is -2.30. The maximum Gasteiger partial charge on any atom is 0.0480 e. The highest BCUT2D eigenvalue weighted by Crippen LogP contribution is 2.31. The van der Waals surface area contributed by atoms with Crippen LogP contribution in [-0.2, 0) is 4.74 Å². The van der Waals surface area contributed by atoms with Crippen LogP contribution >= 0.6 is 0 Å². The Morgan fingerprint density at radius 1 is 1.19 bits per heavy atom. The Hall–Kier alpha value is -0.0800. The zero-order valence-electron chi connectivity index (χ0n) is 11.1. The van der Waals surface area contributed by atoms with Crippen molar-refractivity contribution in [2.24, 2.45) is 5.92 Å². The van der Waals surface area contributed by atoms with Gasteiger partial charge in [0.15, 0.2) is 0 Å². The minimum Gasteiger partial charge on any atom is -0.381 e. The summed E-state index contributed by atoms with van der Waals surface area (Å²) >= 11 is 0. The molecule has 0 saturated heterocycles. The normalized spacial score (nSPS) is 18.4. The average molecular weight is 227 g/mol. The van der Waals surface area contributed by atoms with E-state index in [2.05, 4.69) is 19.2 Å². The fourth-order valence-corrected chi connectivity index (χ4v) is 2.25. The minimum absolute atomic E-state index is 0.696. The van der Waals surface area contributed by atoms with Crippen LogP contribution in [0.3, 0.4) is 0 Å². The van der Waals surface area contributed by atoms with Crippen molar-refractivity contribution in [3.05, 3.63) is 0 Å². The molecule has 0 aromatic heterocycles. The second kappa shape index (κ2) is 9.00. The first-order valence-electron chi connectivity index (χ1n) is 7.18. The highest BCUT2D eigenvalue weighted by molar-refractivity contribution is 4.77. The molecule has 1 fully saturated rings. The van der Waals surface area contributed by atoms with Crippen LogP contribution in [-0.4, -0.2) is 25.8 Å². The standard InChI is InChI=1S/C14H29NO/c1-3-9-15-14(8-11-16-10-4-2)12-13-6-5-7-13/h13-15H,3-12H2,1-2H3. The predicted octanol–water partition coefficient (Wildman–Crippen LogP) is 3.36. The molecule has 1 unspecified atom stereocenters. The van der Waals surface area contributed by atoms with E-state index in [4.69, 9.17) is 4.74 Å². The van der Waals surface area contributed by atoms with Gasteiger partial charge in [-0.2, -0.15) is 0 Å². The van der Waals surface area contributed by atoms with E-state index in [1.54, 1.807) is 0 Å². The Labute approximate surface area is 101 Å². The fourth-order valence-electron chi connectivity index (χ4n) is 2.25. The third kappa shape index (κ3) is 5.86. The quantitative estimate of drug-likeness (QED) is 0.578. The number of ether oxygens (including phenoxy) is 1. The molecule has 1 atom stereocenters. The van der Waals surface area contributed by atoms with Crippen LogP contribution in [0.4, 0.5) is 0 Å². The number of rotatable bonds is 10. The predicted molar refractivity (Wildman–Crippen MR) is 69.8 cm³/mol. The van der Waals surface area contributed by atoms with Crippen molar-refractivity contribution < 1.29 is 4.74 Å². The van der Waals surface area contributed by atoms with E-state index < -0.39 is 0 Å². The Morgan fingerprint density at radius 3 is 2.56 bits per heavy atom. The largest absolute Gasteiger partial charge is 0.381 e. The van der Waals surface area contributed by atoms with Gasteiger partial charge in [0, 0.05) is 19.3 Å². The lowest BCUT2D eigenvalue weighted by Crippen LogP contribution is -2.34. The molecule has 0 heterocycles. The average Bonchev–Trinajstić information content (AvgIpc) is 2.24. The first-order chi connectivity index (χ1) is 7.86. The third-order valence-corrected chi connectivity index (χ3v) is 3.48. The highest BCUT2D eigenvalue weighted by atomic mass is 16.5. The molecule has 16 heavy (non-hydrogen) atoms. The lowest BCUT2D eigenvalue weighted by atomic mass is 9.80. The Bertz CT molecular complexity index is 157. The third-order valence-electron chi connectivity index (χ3n) is 3.48.